The molecule has 1 N–H and O–H groups in total. The van der Waals surface area contributed by atoms with E-state index in [2.05, 4.69) is 14.5 Å². The Kier molecular flexibility index (Phi) is 6.13. The lowest BCUT2D eigenvalue weighted by Crippen LogP contribution is -2.43. The van der Waals surface area contributed by atoms with Crippen LogP contribution < -0.4 is 4.72 Å². The highest BCUT2D eigenvalue weighted by molar-refractivity contribution is 7.88. The van der Waals surface area contributed by atoms with E-state index in [1.165, 1.54) is 7.11 Å². The first-order valence-corrected chi connectivity index (χ1v) is 10.8. The van der Waals surface area contributed by atoms with Crippen LogP contribution in [0.25, 0.3) is 0 Å². The van der Waals surface area contributed by atoms with Crippen LogP contribution in [0.5, 0.6) is 0 Å². The van der Waals surface area contributed by atoms with E-state index in [1.54, 1.807) is 0 Å². The highest BCUT2D eigenvalue weighted by Crippen LogP contribution is 2.36. The van der Waals surface area contributed by atoms with E-state index in [4.69, 9.17) is 21.1 Å². The number of halogens is 3. The third-order valence-electron chi connectivity index (χ3n) is 4.60. The van der Waals surface area contributed by atoms with E-state index in [0.29, 0.717) is 6.07 Å². The molecule has 2 heterocycles. The number of esters is 1. The number of rotatable bonds is 6. The van der Waals surface area contributed by atoms with Gasteiger partial charge >= 0.3 is 5.97 Å². The lowest BCUT2D eigenvalue weighted by atomic mass is 9.89. The van der Waals surface area contributed by atoms with Crippen LogP contribution in [0.2, 0.25) is 5.02 Å². The van der Waals surface area contributed by atoms with Gasteiger partial charge in [-0.05, 0) is 11.6 Å². The molecule has 29 heavy (non-hydrogen) atoms. The standard InChI is InChI=1S/C17H19ClF2N2O6S/c1-26-15(23)14-8-27-16(21-14)17(6-10(7-28-17)22-29(2,24)25)5-9-3-11(18)13(20)4-12(9)19/h3-4,10,14,22H,5-8H2,1-2H3/t10-,14?,17+/m1/s1. The number of methoxy groups -OCH3 is 1. The van der Waals surface area contributed by atoms with Crippen molar-refractivity contribution in [2.24, 2.45) is 4.99 Å². The number of ether oxygens (including phenoxy) is 3. The number of aliphatic imine (C=N–C) groups is 1. The van der Waals surface area contributed by atoms with Crippen LogP contribution in [-0.2, 0) is 35.4 Å². The number of nitrogens with zero attached hydrogens (tertiary/aromatic N) is 1. The van der Waals surface area contributed by atoms with Crippen molar-refractivity contribution in [3.8, 4) is 0 Å². The average molecular weight is 453 g/mol. The first kappa shape index (κ1) is 21.9. The van der Waals surface area contributed by atoms with Gasteiger partial charge in [-0.15, -0.1) is 0 Å². The zero-order valence-electron chi connectivity index (χ0n) is 15.6. The minimum Gasteiger partial charge on any atom is -0.476 e. The molecular weight excluding hydrogens is 434 g/mol. The fourth-order valence-corrected chi connectivity index (χ4v) is 4.33. The van der Waals surface area contributed by atoms with Gasteiger partial charge in [0.25, 0.3) is 0 Å². The molecule has 2 aliphatic heterocycles. The molecule has 0 bridgehead atoms. The molecule has 160 valence electrons. The van der Waals surface area contributed by atoms with Crippen molar-refractivity contribution in [2.45, 2.75) is 30.5 Å². The monoisotopic (exact) mass is 452 g/mol. The van der Waals surface area contributed by atoms with Gasteiger partial charge in [0, 0.05) is 24.9 Å². The van der Waals surface area contributed by atoms with Gasteiger partial charge in [0.15, 0.2) is 6.04 Å². The molecule has 0 saturated carbocycles. The topological polar surface area (TPSA) is 103 Å². The van der Waals surface area contributed by atoms with Gasteiger partial charge in [-0.2, -0.15) is 0 Å². The van der Waals surface area contributed by atoms with Gasteiger partial charge in [-0.25, -0.2) is 31.7 Å². The van der Waals surface area contributed by atoms with Crippen LogP contribution in [0.3, 0.4) is 0 Å². The lowest BCUT2D eigenvalue weighted by molar-refractivity contribution is -0.142. The Hall–Kier alpha value is -1.82. The summed E-state index contributed by atoms with van der Waals surface area (Å²) in [5.41, 5.74) is -1.34. The summed E-state index contributed by atoms with van der Waals surface area (Å²) in [7, 11) is -2.32. The molecule has 0 amide bonds. The van der Waals surface area contributed by atoms with Crippen LogP contribution in [0.15, 0.2) is 17.1 Å². The van der Waals surface area contributed by atoms with Crippen molar-refractivity contribution in [2.75, 3.05) is 26.6 Å². The molecule has 3 rings (SSSR count). The number of carbonyl (C=O) groups excluding carboxylic acids is 1. The Morgan fingerprint density at radius 2 is 2.10 bits per heavy atom. The van der Waals surface area contributed by atoms with Gasteiger partial charge in [0.1, 0.15) is 23.8 Å². The lowest BCUT2D eigenvalue weighted by Gasteiger charge is -2.28. The Bertz CT molecular complexity index is 957. The van der Waals surface area contributed by atoms with Crippen molar-refractivity contribution in [1.82, 2.24) is 4.72 Å². The van der Waals surface area contributed by atoms with Gasteiger partial charge in [0.2, 0.25) is 15.9 Å². The normalized spacial score (nSPS) is 26.9. The van der Waals surface area contributed by atoms with Gasteiger partial charge in [0.05, 0.1) is 25.0 Å². The van der Waals surface area contributed by atoms with E-state index in [1.807, 2.05) is 0 Å². The molecule has 0 radical (unpaired) electrons. The summed E-state index contributed by atoms with van der Waals surface area (Å²) in [6.45, 7) is -0.126. The molecular formula is C17H19ClF2N2O6S. The number of sulfonamides is 1. The number of hydrogen-bond donors (Lipinski definition) is 1. The van der Waals surface area contributed by atoms with Crippen LogP contribution in [0.4, 0.5) is 8.78 Å². The maximum absolute atomic E-state index is 14.3. The third-order valence-corrected chi connectivity index (χ3v) is 5.65. The van der Waals surface area contributed by atoms with Crippen molar-refractivity contribution in [3.63, 3.8) is 0 Å². The SMILES string of the molecule is COC(=O)C1COC([C@]2(Cc3cc(Cl)c(F)cc3F)C[C@@H](NS(C)(=O)=O)CO2)=N1. The predicted molar refractivity (Wildman–Crippen MR) is 99.3 cm³/mol. The highest BCUT2D eigenvalue weighted by Gasteiger charge is 2.50. The number of benzene rings is 1. The fourth-order valence-electron chi connectivity index (χ4n) is 3.39. The summed E-state index contributed by atoms with van der Waals surface area (Å²) in [6.07, 6.45) is 0.901. The molecule has 1 aromatic rings. The van der Waals surface area contributed by atoms with E-state index >= 15 is 0 Å². The first-order chi connectivity index (χ1) is 13.5. The molecule has 0 aromatic heterocycles. The highest BCUT2D eigenvalue weighted by atomic mass is 35.5. The number of nitrogens with one attached hydrogen (secondary N) is 1. The molecule has 3 atom stereocenters. The average Bonchev–Trinajstić information content (AvgIpc) is 3.26. The molecule has 1 saturated heterocycles. The minimum absolute atomic E-state index is 0.0190. The summed E-state index contributed by atoms with van der Waals surface area (Å²) in [5.74, 6) is -2.36. The van der Waals surface area contributed by atoms with E-state index in [9.17, 15) is 22.0 Å². The van der Waals surface area contributed by atoms with Crippen molar-refractivity contribution >= 4 is 33.5 Å². The number of hydrogen-bond acceptors (Lipinski definition) is 7. The molecule has 1 aromatic carbocycles. The Morgan fingerprint density at radius 3 is 2.76 bits per heavy atom. The van der Waals surface area contributed by atoms with E-state index in [-0.39, 0.29) is 42.5 Å². The molecule has 1 unspecified atom stereocenters. The quantitative estimate of drug-likeness (QED) is 0.514. The van der Waals surface area contributed by atoms with Gasteiger partial charge < -0.3 is 14.2 Å². The Morgan fingerprint density at radius 1 is 1.38 bits per heavy atom. The smallest absolute Gasteiger partial charge is 0.334 e. The summed E-state index contributed by atoms with van der Waals surface area (Å²) in [6, 6.07) is 0.231. The second-order valence-electron chi connectivity index (χ2n) is 6.92. The summed E-state index contributed by atoms with van der Waals surface area (Å²) >= 11 is 5.78. The fraction of sp³-hybridized carbons (Fsp3) is 0.529. The van der Waals surface area contributed by atoms with Crippen molar-refractivity contribution < 1.29 is 36.2 Å². The van der Waals surface area contributed by atoms with Gasteiger partial charge in [-0.3, -0.25) is 0 Å². The molecule has 12 heteroatoms. The second kappa shape index (κ2) is 8.13. The Balaban J connectivity index is 1.95. The van der Waals surface area contributed by atoms with Crippen LogP contribution in [0, 0.1) is 11.6 Å². The molecule has 0 aliphatic carbocycles. The van der Waals surface area contributed by atoms with Crippen LogP contribution in [-0.4, -0.2) is 64.5 Å². The molecule has 0 spiro atoms. The maximum Gasteiger partial charge on any atom is 0.334 e. The van der Waals surface area contributed by atoms with E-state index in [0.717, 1.165) is 12.3 Å². The maximum atomic E-state index is 14.3. The first-order valence-electron chi connectivity index (χ1n) is 8.56. The van der Waals surface area contributed by atoms with E-state index < -0.39 is 45.3 Å². The zero-order chi connectivity index (χ0) is 21.4. The van der Waals surface area contributed by atoms with Crippen LogP contribution >= 0.6 is 11.6 Å². The van der Waals surface area contributed by atoms with Crippen molar-refractivity contribution in [3.05, 3.63) is 34.4 Å². The molecule has 1 fully saturated rings. The second-order valence-corrected chi connectivity index (χ2v) is 9.10. The summed E-state index contributed by atoms with van der Waals surface area (Å²) in [4.78, 5) is 16.0. The minimum atomic E-state index is -3.53. The van der Waals surface area contributed by atoms with Gasteiger partial charge in [-0.1, -0.05) is 11.6 Å². The van der Waals surface area contributed by atoms with Crippen molar-refractivity contribution in [1.29, 1.82) is 0 Å². The zero-order valence-corrected chi connectivity index (χ0v) is 17.1. The number of carbonyl (C=O) groups is 1. The predicted octanol–water partition coefficient (Wildman–Crippen LogP) is 1.21. The molecule has 8 nitrogen and oxygen atoms in total. The molecule has 2 aliphatic rings. The largest absolute Gasteiger partial charge is 0.476 e. The Labute approximate surface area is 171 Å². The van der Waals surface area contributed by atoms with Crippen LogP contribution in [0.1, 0.15) is 12.0 Å². The summed E-state index contributed by atoms with van der Waals surface area (Å²) < 4.78 is 69.5. The summed E-state index contributed by atoms with van der Waals surface area (Å²) in [5, 5.41) is -0.276. The third kappa shape index (κ3) is 4.85.